The molecule has 2 N–H and O–H groups in total. The van der Waals surface area contributed by atoms with Crippen LogP contribution < -0.4 is 5.32 Å². The van der Waals surface area contributed by atoms with E-state index in [9.17, 15) is 9.90 Å². The molecule has 0 bridgehead atoms. The number of hydrogen-bond donors (Lipinski definition) is 2. The van der Waals surface area contributed by atoms with Gasteiger partial charge >= 0.3 is 6.03 Å². The van der Waals surface area contributed by atoms with E-state index in [0.29, 0.717) is 18.4 Å². The van der Waals surface area contributed by atoms with Crippen LogP contribution in [0.4, 0.5) is 4.79 Å². The van der Waals surface area contributed by atoms with Gasteiger partial charge in [0.2, 0.25) is 0 Å². The molecule has 23 heavy (non-hydrogen) atoms. The van der Waals surface area contributed by atoms with E-state index in [1.54, 1.807) is 12.4 Å². The van der Waals surface area contributed by atoms with Crippen molar-refractivity contribution in [1.29, 1.82) is 0 Å². The van der Waals surface area contributed by atoms with Gasteiger partial charge in [-0.25, -0.2) is 4.79 Å². The van der Waals surface area contributed by atoms with Gasteiger partial charge in [-0.3, -0.25) is 4.98 Å². The molecule has 1 aliphatic rings. The van der Waals surface area contributed by atoms with Gasteiger partial charge in [0.15, 0.2) is 0 Å². The Kier molecular flexibility index (Phi) is 6.84. The molecule has 2 unspecified atom stereocenters. The number of nitrogens with zero attached hydrogens (tertiary/aromatic N) is 2. The van der Waals surface area contributed by atoms with Crippen LogP contribution in [0.15, 0.2) is 24.5 Å². The van der Waals surface area contributed by atoms with E-state index in [-0.39, 0.29) is 18.7 Å². The molecule has 5 nitrogen and oxygen atoms in total. The maximum atomic E-state index is 12.6. The molecule has 0 spiro atoms. The van der Waals surface area contributed by atoms with E-state index in [4.69, 9.17) is 0 Å². The number of likely N-dealkylation sites (tertiary alicyclic amines) is 1. The minimum atomic E-state index is 0.0102. The van der Waals surface area contributed by atoms with Crippen LogP contribution in [0.1, 0.15) is 51.1 Å². The van der Waals surface area contributed by atoms with E-state index in [1.807, 2.05) is 17.0 Å². The summed E-state index contributed by atoms with van der Waals surface area (Å²) in [4.78, 5) is 18.5. The molecule has 0 saturated carbocycles. The Morgan fingerprint density at radius 3 is 2.83 bits per heavy atom. The summed E-state index contributed by atoms with van der Waals surface area (Å²) in [6, 6.07) is 4.14. The second kappa shape index (κ2) is 8.87. The van der Waals surface area contributed by atoms with E-state index in [2.05, 4.69) is 24.1 Å². The lowest BCUT2D eigenvalue weighted by Crippen LogP contribution is -2.41. The topological polar surface area (TPSA) is 65.5 Å². The van der Waals surface area contributed by atoms with Crippen LogP contribution >= 0.6 is 0 Å². The third-order valence-corrected chi connectivity index (χ3v) is 4.49. The molecule has 2 rings (SSSR count). The van der Waals surface area contributed by atoms with Gasteiger partial charge in [-0.1, -0.05) is 13.8 Å². The van der Waals surface area contributed by atoms with Crippen molar-refractivity contribution in [3.63, 3.8) is 0 Å². The molecule has 1 aromatic rings. The summed E-state index contributed by atoms with van der Waals surface area (Å²) in [7, 11) is 0. The fourth-order valence-electron chi connectivity index (χ4n) is 3.43. The average molecular weight is 319 g/mol. The molecule has 0 radical (unpaired) electrons. The average Bonchev–Trinajstić information content (AvgIpc) is 3.02. The summed E-state index contributed by atoms with van der Waals surface area (Å²) >= 11 is 0. The van der Waals surface area contributed by atoms with Crippen molar-refractivity contribution in [2.45, 2.75) is 45.6 Å². The quantitative estimate of drug-likeness (QED) is 0.812. The SMILES string of the molecule is CC(C)CC(CCO)CNC(=O)N1CCCC1c1ccncc1. The normalized spacial score (nSPS) is 19.1. The number of aliphatic hydroxyl groups is 1. The van der Waals surface area contributed by atoms with Crippen LogP contribution in [-0.4, -0.2) is 40.7 Å². The first-order valence-electron chi connectivity index (χ1n) is 8.67. The van der Waals surface area contributed by atoms with E-state index >= 15 is 0 Å². The summed E-state index contributed by atoms with van der Waals surface area (Å²) in [6.45, 7) is 5.96. The van der Waals surface area contributed by atoms with Crippen LogP contribution in [0.25, 0.3) is 0 Å². The number of urea groups is 1. The van der Waals surface area contributed by atoms with Crippen molar-refractivity contribution in [2.75, 3.05) is 19.7 Å². The number of aliphatic hydroxyl groups excluding tert-OH is 1. The van der Waals surface area contributed by atoms with Gasteiger partial charge in [-0.2, -0.15) is 0 Å². The number of nitrogens with one attached hydrogen (secondary N) is 1. The molecule has 2 amide bonds. The lowest BCUT2D eigenvalue weighted by molar-refractivity contribution is 0.186. The zero-order chi connectivity index (χ0) is 16.7. The number of amides is 2. The van der Waals surface area contributed by atoms with E-state index < -0.39 is 0 Å². The van der Waals surface area contributed by atoms with Crippen LogP contribution in [0, 0.1) is 11.8 Å². The van der Waals surface area contributed by atoms with Gasteiger partial charge in [0.25, 0.3) is 0 Å². The van der Waals surface area contributed by atoms with Gasteiger partial charge in [0, 0.05) is 32.1 Å². The summed E-state index contributed by atoms with van der Waals surface area (Å²) in [5, 5.41) is 12.3. The van der Waals surface area contributed by atoms with Gasteiger partial charge in [0.05, 0.1) is 6.04 Å². The van der Waals surface area contributed by atoms with Crippen molar-refractivity contribution in [3.8, 4) is 0 Å². The Hall–Kier alpha value is -1.62. The Bertz CT molecular complexity index is 478. The predicted molar refractivity (Wildman–Crippen MR) is 91.0 cm³/mol. The van der Waals surface area contributed by atoms with Gasteiger partial charge in [0.1, 0.15) is 0 Å². The molecule has 1 aromatic heterocycles. The van der Waals surface area contributed by atoms with Crippen LogP contribution in [0.3, 0.4) is 0 Å². The Labute approximate surface area is 139 Å². The third kappa shape index (κ3) is 5.20. The number of aromatic nitrogens is 1. The summed E-state index contributed by atoms with van der Waals surface area (Å²) in [5.41, 5.74) is 1.15. The molecule has 2 atom stereocenters. The first-order chi connectivity index (χ1) is 11.1. The highest BCUT2D eigenvalue weighted by Gasteiger charge is 2.30. The van der Waals surface area contributed by atoms with Gasteiger partial charge in [-0.05, 0) is 55.2 Å². The van der Waals surface area contributed by atoms with Crippen molar-refractivity contribution >= 4 is 6.03 Å². The highest BCUT2D eigenvalue weighted by molar-refractivity contribution is 5.75. The molecule has 128 valence electrons. The molecular weight excluding hydrogens is 290 g/mol. The van der Waals surface area contributed by atoms with Crippen molar-refractivity contribution in [1.82, 2.24) is 15.2 Å². The maximum absolute atomic E-state index is 12.6. The zero-order valence-electron chi connectivity index (χ0n) is 14.2. The minimum absolute atomic E-state index is 0.0102. The molecule has 0 aliphatic carbocycles. The van der Waals surface area contributed by atoms with Crippen molar-refractivity contribution in [2.24, 2.45) is 11.8 Å². The molecular formula is C18H29N3O2. The molecule has 1 fully saturated rings. The lowest BCUT2D eigenvalue weighted by atomic mass is 9.94. The Morgan fingerprint density at radius 1 is 1.43 bits per heavy atom. The third-order valence-electron chi connectivity index (χ3n) is 4.49. The summed E-state index contributed by atoms with van der Waals surface area (Å²) in [6.07, 6.45) is 7.37. The van der Waals surface area contributed by atoms with E-state index in [0.717, 1.165) is 37.8 Å². The standard InChI is InChI=1S/C18H29N3O2/c1-14(2)12-15(7-11-22)13-20-18(23)21-10-3-4-17(21)16-5-8-19-9-6-16/h5-6,8-9,14-15,17,22H,3-4,7,10-13H2,1-2H3,(H,20,23). The Balaban J connectivity index is 1.91. The molecule has 0 aromatic carbocycles. The number of pyridine rings is 1. The smallest absolute Gasteiger partial charge is 0.317 e. The predicted octanol–water partition coefficient (Wildman–Crippen LogP) is 2.97. The fraction of sp³-hybridized carbons (Fsp3) is 0.667. The van der Waals surface area contributed by atoms with Crippen LogP contribution in [-0.2, 0) is 0 Å². The lowest BCUT2D eigenvalue weighted by Gasteiger charge is -2.27. The second-order valence-corrected chi connectivity index (χ2v) is 6.83. The maximum Gasteiger partial charge on any atom is 0.317 e. The summed E-state index contributed by atoms with van der Waals surface area (Å²) < 4.78 is 0. The molecule has 5 heteroatoms. The van der Waals surface area contributed by atoms with Crippen LogP contribution in [0.5, 0.6) is 0 Å². The highest BCUT2D eigenvalue weighted by Crippen LogP contribution is 2.31. The zero-order valence-corrected chi connectivity index (χ0v) is 14.2. The second-order valence-electron chi connectivity index (χ2n) is 6.83. The molecule has 2 heterocycles. The first kappa shape index (κ1) is 17.7. The Morgan fingerprint density at radius 2 is 2.17 bits per heavy atom. The van der Waals surface area contributed by atoms with Gasteiger partial charge < -0.3 is 15.3 Å². The van der Waals surface area contributed by atoms with E-state index in [1.165, 1.54) is 0 Å². The number of hydrogen-bond acceptors (Lipinski definition) is 3. The fourth-order valence-corrected chi connectivity index (χ4v) is 3.43. The van der Waals surface area contributed by atoms with Gasteiger partial charge in [-0.15, -0.1) is 0 Å². The highest BCUT2D eigenvalue weighted by atomic mass is 16.3. The largest absolute Gasteiger partial charge is 0.396 e. The molecule has 1 aliphatic heterocycles. The number of rotatable bonds is 7. The van der Waals surface area contributed by atoms with Crippen LogP contribution in [0.2, 0.25) is 0 Å². The number of carbonyl (C=O) groups is 1. The monoisotopic (exact) mass is 319 g/mol. The van der Waals surface area contributed by atoms with Crippen molar-refractivity contribution in [3.05, 3.63) is 30.1 Å². The number of carbonyl (C=O) groups excluding carboxylic acids is 1. The first-order valence-corrected chi connectivity index (χ1v) is 8.67. The molecule has 1 saturated heterocycles. The minimum Gasteiger partial charge on any atom is -0.396 e. The summed E-state index contributed by atoms with van der Waals surface area (Å²) in [5.74, 6) is 0.908. The van der Waals surface area contributed by atoms with Crippen molar-refractivity contribution < 1.29 is 9.90 Å².